The van der Waals surface area contributed by atoms with Crippen molar-refractivity contribution in [2.75, 3.05) is 0 Å². The monoisotopic (exact) mass is 633 g/mol. The average molecular weight is 634 g/mol. The van der Waals surface area contributed by atoms with Gasteiger partial charge in [0, 0.05) is 42.0 Å². The number of rotatable bonds is 2. The summed E-state index contributed by atoms with van der Waals surface area (Å²) in [4.78, 5) is 0. The van der Waals surface area contributed by atoms with E-state index in [2.05, 4.69) is 132 Å². The highest BCUT2D eigenvalue weighted by atomic mass is 32.1. The number of aromatic nitrogens is 1. The molecule has 6 aromatic carbocycles. The molecule has 2 heteroatoms. The van der Waals surface area contributed by atoms with Crippen molar-refractivity contribution in [3.05, 3.63) is 139 Å². The molecule has 4 fully saturated rings. The molecule has 0 atom stereocenters. The number of hydrogen-bond acceptors (Lipinski definition) is 1. The van der Waals surface area contributed by atoms with E-state index in [0.717, 1.165) is 23.7 Å². The summed E-state index contributed by atoms with van der Waals surface area (Å²) in [5, 5.41) is 5.36. The van der Waals surface area contributed by atoms with Gasteiger partial charge < -0.3 is 4.57 Å². The molecule has 230 valence electrons. The molecule has 48 heavy (non-hydrogen) atoms. The van der Waals surface area contributed by atoms with Crippen LogP contribution in [0.25, 0.3) is 69.9 Å². The number of nitrogens with zero attached hydrogens (tertiary/aromatic N) is 1. The van der Waals surface area contributed by atoms with Crippen LogP contribution in [0, 0.1) is 23.7 Å². The number of hydrogen-bond donors (Lipinski definition) is 0. The molecule has 0 unspecified atom stereocenters. The zero-order valence-electron chi connectivity index (χ0n) is 26.8. The third-order valence-electron chi connectivity index (χ3n) is 13.2. The predicted molar refractivity (Wildman–Crippen MR) is 202 cm³/mol. The van der Waals surface area contributed by atoms with E-state index in [0.29, 0.717) is 0 Å². The van der Waals surface area contributed by atoms with Crippen molar-refractivity contribution in [3.63, 3.8) is 0 Å². The van der Waals surface area contributed by atoms with Gasteiger partial charge in [-0.2, -0.15) is 0 Å². The Labute approximate surface area is 284 Å². The van der Waals surface area contributed by atoms with Gasteiger partial charge in [0.15, 0.2) is 0 Å². The third kappa shape index (κ3) is 3.27. The van der Waals surface area contributed by atoms with E-state index in [4.69, 9.17) is 0 Å². The number of fused-ring (bicyclic) bond motifs is 9. The Hall–Kier alpha value is -4.66. The van der Waals surface area contributed by atoms with E-state index in [1.54, 1.807) is 11.1 Å². The zero-order valence-corrected chi connectivity index (χ0v) is 27.6. The third-order valence-corrected chi connectivity index (χ3v) is 14.3. The van der Waals surface area contributed by atoms with Crippen LogP contribution in [0.1, 0.15) is 43.2 Å². The van der Waals surface area contributed by atoms with Crippen molar-refractivity contribution < 1.29 is 0 Å². The van der Waals surface area contributed by atoms with Crippen molar-refractivity contribution >= 4 is 53.3 Å². The molecule has 0 radical (unpaired) electrons. The number of para-hydroxylation sites is 1. The van der Waals surface area contributed by atoms with Gasteiger partial charge in [0.05, 0.1) is 11.0 Å². The zero-order chi connectivity index (χ0) is 31.1. The van der Waals surface area contributed by atoms with Gasteiger partial charge in [0.2, 0.25) is 0 Å². The van der Waals surface area contributed by atoms with Crippen LogP contribution in [-0.4, -0.2) is 4.57 Å². The van der Waals surface area contributed by atoms with Gasteiger partial charge in [-0.05, 0) is 138 Å². The molecule has 1 nitrogen and oxygen atoms in total. The number of benzene rings is 6. The van der Waals surface area contributed by atoms with Crippen molar-refractivity contribution in [1.29, 1.82) is 0 Å². The van der Waals surface area contributed by atoms with Gasteiger partial charge in [0.25, 0.3) is 0 Å². The highest BCUT2D eigenvalue weighted by molar-refractivity contribution is 7.25. The molecule has 4 saturated carbocycles. The minimum atomic E-state index is 0.172. The summed E-state index contributed by atoms with van der Waals surface area (Å²) in [5.74, 6) is 3.43. The largest absolute Gasteiger partial charge is 0.309 e. The lowest BCUT2D eigenvalue weighted by atomic mass is 9.43. The fourth-order valence-electron chi connectivity index (χ4n) is 11.6. The molecule has 2 heterocycles. The summed E-state index contributed by atoms with van der Waals surface area (Å²) in [6, 6.07) is 49.0. The SMILES string of the molecule is c1ccc2c(c1)-c1ccc(-n3c4ccccc4c4cc(-c5ccc6sc7ccccc7c6c5)ccc43)cc1C21C2CC3CC(C2)CC1C3. The van der Waals surface area contributed by atoms with E-state index in [-0.39, 0.29) is 5.41 Å². The van der Waals surface area contributed by atoms with Crippen molar-refractivity contribution in [1.82, 2.24) is 4.57 Å². The summed E-state index contributed by atoms with van der Waals surface area (Å²) in [5.41, 5.74) is 12.8. The molecule has 0 saturated heterocycles. The standard InChI is InChI=1S/C46H35NS/c1-4-10-40-34(7-1)35-16-15-33(26-41(35)46(40)31-20-27-19-28(22-31)23-32(46)21-27)47-42-11-5-2-8-36(42)38-24-29(13-17-43(38)47)30-14-18-45-39(25-30)37-9-3-6-12-44(37)48-45/h1-18,24-28,31-32H,19-23H2. The second-order valence-corrected chi connectivity index (χ2v) is 16.4. The van der Waals surface area contributed by atoms with Crippen LogP contribution in [-0.2, 0) is 5.41 Å². The first-order valence-corrected chi connectivity index (χ1v) is 18.8. The van der Waals surface area contributed by atoms with Crippen LogP contribution < -0.4 is 0 Å². The topological polar surface area (TPSA) is 4.93 Å². The first kappa shape index (κ1) is 26.3. The molecule has 0 N–H and O–H groups in total. The summed E-state index contributed by atoms with van der Waals surface area (Å²) in [6.45, 7) is 0. The Morgan fingerprint density at radius 3 is 1.98 bits per heavy atom. The Morgan fingerprint density at radius 1 is 0.479 bits per heavy atom. The minimum Gasteiger partial charge on any atom is -0.309 e. The Morgan fingerprint density at radius 2 is 1.12 bits per heavy atom. The molecular weight excluding hydrogens is 599 g/mol. The molecule has 0 aliphatic heterocycles. The van der Waals surface area contributed by atoms with Crippen LogP contribution in [0.3, 0.4) is 0 Å². The van der Waals surface area contributed by atoms with Gasteiger partial charge in [0.1, 0.15) is 0 Å². The van der Waals surface area contributed by atoms with E-state index < -0.39 is 0 Å². The molecule has 8 aromatic rings. The van der Waals surface area contributed by atoms with Crippen LogP contribution in [0.5, 0.6) is 0 Å². The summed E-state index contributed by atoms with van der Waals surface area (Å²) in [7, 11) is 0. The minimum absolute atomic E-state index is 0.172. The highest BCUT2D eigenvalue weighted by Gasteiger charge is 2.61. The predicted octanol–water partition coefficient (Wildman–Crippen LogP) is 12.5. The maximum absolute atomic E-state index is 2.63. The normalized spacial score (nSPS) is 25.2. The summed E-state index contributed by atoms with van der Waals surface area (Å²) >= 11 is 1.89. The molecule has 4 bridgehead atoms. The number of thiophene rings is 1. The van der Waals surface area contributed by atoms with E-state index in [1.165, 1.54) is 102 Å². The average Bonchev–Trinajstić information content (AvgIpc) is 3.76. The molecular formula is C46H35NS. The summed E-state index contributed by atoms with van der Waals surface area (Å²) < 4.78 is 5.27. The first-order valence-electron chi connectivity index (χ1n) is 17.9. The lowest BCUT2D eigenvalue weighted by molar-refractivity contribution is -0.0399. The van der Waals surface area contributed by atoms with Gasteiger partial charge in [-0.25, -0.2) is 0 Å². The van der Waals surface area contributed by atoms with Gasteiger partial charge in [-0.3, -0.25) is 0 Å². The summed E-state index contributed by atoms with van der Waals surface area (Å²) in [6.07, 6.45) is 7.14. The van der Waals surface area contributed by atoms with E-state index in [9.17, 15) is 0 Å². The maximum Gasteiger partial charge on any atom is 0.0541 e. The Bertz CT molecular complexity index is 2620. The van der Waals surface area contributed by atoms with Crippen LogP contribution >= 0.6 is 11.3 Å². The quantitative estimate of drug-likeness (QED) is 0.178. The molecule has 13 rings (SSSR count). The molecule has 5 aliphatic carbocycles. The van der Waals surface area contributed by atoms with E-state index >= 15 is 0 Å². The van der Waals surface area contributed by atoms with Crippen LogP contribution in [0.2, 0.25) is 0 Å². The lowest BCUT2D eigenvalue weighted by Gasteiger charge is -2.61. The van der Waals surface area contributed by atoms with E-state index in [1.807, 2.05) is 11.3 Å². The van der Waals surface area contributed by atoms with Gasteiger partial charge >= 0.3 is 0 Å². The lowest BCUT2D eigenvalue weighted by Crippen LogP contribution is -2.55. The highest BCUT2D eigenvalue weighted by Crippen LogP contribution is 2.69. The maximum atomic E-state index is 2.63. The van der Waals surface area contributed by atoms with Crippen LogP contribution in [0.15, 0.2) is 127 Å². The smallest absolute Gasteiger partial charge is 0.0541 e. The van der Waals surface area contributed by atoms with Crippen molar-refractivity contribution in [3.8, 4) is 27.9 Å². The van der Waals surface area contributed by atoms with Gasteiger partial charge in [-0.15, -0.1) is 11.3 Å². The van der Waals surface area contributed by atoms with Crippen molar-refractivity contribution in [2.24, 2.45) is 23.7 Å². The van der Waals surface area contributed by atoms with Crippen molar-refractivity contribution in [2.45, 2.75) is 37.5 Å². The molecule has 2 aromatic heterocycles. The molecule has 1 spiro atoms. The van der Waals surface area contributed by atoms with Crippen LogP contribution in [0.4, 0.5) is 0 Å². The molecule has 0 amide bonds. The second kappa shape index (κ2) is 9.27. The molecule has 5 aliphatic rings. The first-order chi connectivity index (χ1) is 23.7. The van der Waals surface area contributed by atoms with Gasteiger partial charge in [-0.1, -0.05) is 78.9 Å². The fraction of sp³-hybridized carbons (Fsp3) is 0.217. The Kier molecular flexibility index (Phi) is 5.08. The Balaban J connectivity index is 1.06. The second-order valence-electron chi connectivity index (χ2n) is 15.3. The fourth-order valence-corrected chi connectivity index (χ4v) is 12.7.